The number of aliphatic carboxylic acids is 1. The van der Waals surface area contributed by atoms with Crippen molar-refractivity contribution in [3.05, 3.63) is 0 Å². The van der Waals surface area contributed by atoms with Crippen LogP contribution in [0.15, 0.2) is 0 Å². The standard InChI is InChI=1S/C16H31N5O5/c1-3-9(2)13(16(25)26)21-15(24)11(6-4-5-7-17)20-14(23)10(18)8-12(19)22/h9-11,13H,3-8,17-18H2,1-2H3,(H2,19,22)(H,20,23)(H,21,24)(H,25,26). The molecule has 0 saturated heterocycles. The van der Waals surface area contributed by atoms with Gasteiger partial charge in [0.25, 0.3) is 0 Å². The third kappa shape index (κ3) is 8.77. The highest BCUT2D eigenvalue weighted by molar-refractivity contribution is 5.93. The Balaban J connectivity index is 5.08. The fourth-order valence-electron chi connectivity index (χ4n) is 2.29. The summed E-state index contributed by atoms with van der Waals surface area (Å²) < 4.78 is 0. The van der Waals surface area contributed by atoms with Crippen molar-refractivity contribution in [3.63, 3.8) is 0 Å². The predicted molar refractivity (Wildman–Crippen MR) is 95.6 cm³/mol. The monoisotopic (exact) mass is 373 g/mol. The molecular weight excluding hydrogens is 342 g/mol. The molecule has 9 N–H and O–H groups in total. The van der Waals surface area contributed by atoms with Crippen LogP contribution in [-0.2, 0) is 19.2 Å². The van der Waals surface area contributed by atoms with Crippen molar-refractivity contribution in [1.82, 2.24) is 10.6 Å². The Hall–Kier alpha value is -2.20. The first-order valence-electron chi connectivity index (χ1n) is 8.71. The highest BCUT2D eigenvalue weighted by Gasteiger charge is 2.30. The molecular formula is C16H31N5O5. The average Bonchev–Trinajstić information content (AvgIpc) is 2.56. The first-order chi connectivity index (χ1) is 12.1. The zero-order valence-electron chi connectivity index (χ0n) is 15.4. The Morgan fingerprint density at radius 2 is 1.69 bits per heavy atom. The van der Waals surface area contributed by atoms with Crippen molar-refractivity contribution in [1.29, 1.82) is 0 Å². The number of nitrogens with one attached hydrogen (secondary N) is 2. The minimum absolute atomic E-state index is 0.269. The highest BCUT2D eigenvalue weighted by Crippen LogP contribution is 2.09. The predicted octanol–water partition coefficient (Wildman–Crippen LogP) is -1.58. The second-order valence-corrected chi connectivity index (χ2v) is 6.33. The molecule has 10 nitrogen and oxygen atoms in total. The van der Waals surface area contributed by atoms with Crippen molar-refractivity contribution < 1.29 is 24.3 Å². The maximum Gasteiger partial charge on any atom is 0.326 e. The topological polar surface area (TPSA) is 191 Å². The van der Waals surface area contributed by atoms with Gasteiger partial charge >= 0.3 is 5.97 Å². The molecule has 0 aromatic carbocycles. The smallest absolute Gasteiger partial charge is 0.326 e. The van der Waals surface area contributed by atoms with E-state index in [1.165, 1.54) is 0 Å². The number of primary amides is 1. The van der Waals surface area contributed by atoms with Gasteiger partial charge in [0.1, 0.15) is 12.1 Å². The van der Waals surface area contributed by atoms with Crippen LogP contribution in [0.4, 0.5) is 0 Å². The highest BCUT2D eigenvalue weighted by atomic mass is 16.4. The first-order valence-corrected chi connectivity index (χ1v) is 8.71. The number of nitrogens with two attached hydrogens (primary N) is 3. The number of unbranched alkanes of at least 4 members (excludes halogenated alkanes) is 1. The molecule has 150 valence electrons. The lowest BCUT2D eigenvalue weighted by molar-refractivity contribution is -0.143. The van der Waals surface area contributed by atoms with Gasteiger partial charge in [0.15, 0.2) is 0 Å². The van der Waals surface area contributed by atoms with E-state index in [1.54, 1.807) is 6.92 Å². The molecule has 0 aromatic heterocycles. The fraction of sp³-hybridized carbons (Fsp3) is 0.750. The lowest BCUT2D eigenvalue weighted by Gasteiger charge is -2.25. The number of amides is 3. The third-order valence-electron chi connectivity index (χ3n) is 4.11. The molecule has 0 bridgehead atoms. The number of carboxylic acids is 1. The van der Waals surface area contributed by atoms with Crippen LogP contribution in [0.5, 0.6) is 0 Å². The van der Waals surface area contributed by atoms with E-state index in [9.17, 15) is 24.3 Å². The molecule has 0 aliphatic rings. The van der Waals surface area contributed by atoms with Crippen LogP contribution in [0.2, 0.25) is 0 Å². The van der Waals surface area contributed by atoms with Crippen LogP contribution in [0.1, 0.15) is 46.0 Å². The summed E-state index contributed by atoms with van der Waals surface area (Å²) in [5.74, 6) is -3.49. The molecule has 0 saturated carbocycles. The number of carboxylic acid groups (broad SMARTS) is 1. The summed E-state index contributed by atoms with van der Waals surface area (Å²) in [6.45, 7) is 3.95. The normalized spacial score (nSPS) is 15.4. The Morgan fingerprint density at radius 3 is 2.15 bits per heavy atom. The van der Waals surface area contributed by atoms with Gasteiger partial charge in [-0.25, -0.2) is 4.79 Å². The summed E-state index contributed by atoms with van der Waals surface area (Å²) in [6, 6.07) is -3.22. The molecule has 3 amide bonds. The molecule has 0 aliphatic heterocycles. The molecule has 0 spiro atoms. The summed E-state index contributed by atoms with van der Waals surface area (Å²) >= 11 is 0. The zero-order valence-corrected chi connectivity index (χ0v) is 15.4. The van der Waals surface area contributed by atoms with Gasteiger partial charge in [0.05, 0.1) is 12.5 Å². The first kappa shape index (κ1) is 23.8. The second-order valence-electron chi connectivity index (χ2n) is 6.33. The van der Waals surface area contributed by atoms with E-state index >= 15 is 0 Å². The molecule has 4 atom stereocenters. The Bertz CT molecular complexity index is 499. The van der Waals surface area contributed by atoms with Gasteiger partial charge in [-0.2, -0.15) is 0 Å². The van der Waals surface area contributed by atoms with E-state index < -0.39 is 41.8 Å². The van der Waals surface area contributed by atoms with Crippen LogP contribution < -0.4 is 27.8 Å². The van der Waals surface area contributed by atoms with E-state index in [1.807, 2.05) is 6.92 Å². The van der Waals surface area contributed by atoms with E-state index in [2.05, 4.69) is 10.6 Å². The quantitative estimate of drug-likeness (QED) is 0.210. The van der Waals surface area contributed by atoms with Gasteiger partial charge in [-0.15, -0.1) is 0 Å². The van der Waals surface area contributed by atoms with Gasteiger partial charge in [-0.1, -0.05) is 20.3 Å². The van der Waals surface area contributed by atoms with Crippen molar-refractivity contribution in [2.75, 3.05) is 6.54 Å². The van der Waals surface area contributed by atoms with Crippen molar-refractivity contribution in [2.24, 2.45) is 23.1 Å². The SMILES string of the molecule is CCC(C)C(NC(=O)C(CCCCN)NC(=O)C(N)CC(N)=O)C(=O)O. The summed E-state index contributed by atoms with van der Waals surface area (Å²) in [5.41, 5.74) is 16.0. The van der Waals surface area contributed by atoms with Crippen molar-refractivity contribution >= 4 is 23.7 Å². The van der Waals surface area contributed by atoms with Gasteiger partial charge in [0.2, 0.25) is 17.7 Å². The van der Waals surface area contributed by atoms with Gasteiger partial charge in [0, 0.05) is 0 Å². The van der Waals surface area contributed by atoms with Crippen LogP contribution in [-0.4, -0.2) is 53.5 Å². The maximum absolute atomic E-state index is 12.5. The summed E-state index contributed by atoms with van der Waals surface area (Å²) in [7, 11) is 0. The molecule has 0 heterocycles. The Labute approximate surface area is 153 Å². The molecule has 0 rings (SSSR count). The lowest BCUT2D eigenvalue weighted by Crippen LogP contribution is -2.55. The number of rotatable bonds is 13. The van der Waals surface area contributed by atoms with Crippen LogP contribution >= 0.6 is 0 Å². The van der Waals surface area contributed by atoms with Gasteiger partial charge in [-0.3, -0.25) is 14.4 Å². The minimum Gasteiger partial charge on any atom is -0.480 e. The molecule has 0 aromatic rings. The van der Waals surface area contributed by atoms with Crippen molar-refractivity contribution in [3.8, 4) is 0 Å². The lowest BCUT2D eigenvalue weighted by atomic mass is 9.98. The van der Waals surface area contributed by atoms with Crippen LogP contribution in [0.25, 0.3) is 0 Å². The molecule has 0 radical (unpaired) electrons. The number of hydrogen-bond acceptors (Lipinski definition) is 6. The van der Waals surface area contributed by atoms with Crippen LogP contribution in [0.3, 0.4) is 0 Å². The number of hydrogen-bond donors (Lipinski definition) is 6. The molecule has 4 unspecified atom stereocenters. The maximum atomic E-state index is 12.5. The average molecular weight is 373 g/mol. The second kappa shape index (κ2) is 12.2. The molecule has 26 heavy (non-hydrogen) atoms. The van der Waals surface area contributed by atoms with E-state index in [-0.39, 0.29) is 18.8 Å². The summed E-state index contributed by atoms with van der Waals surface area (Å²) in [5, 5.41) is 14.2. The van der Waals surface area contributed by atoms with E-state index in [0.29, 0.717) is 25.8 Å². The largest absolute Gasteiger partial charge is 0.480 e. The number of carbonyl (C=O) groups is 4. The summed E-state index contributed by atoms with van der Waals surface area (Å²) in [4.78, 5) is 46.8. The molecule has 10 heteroatoms. The molecule has 0 fully saturated rings. The van der Waals surface area contributed by atoms with Gasteiger partial charge in [-0.05, 0) is 31.7 Å². The Kier molecular flexibility index (Phi) is 11.2. The van der Waals surface area contributed by atoms with E-state index in [0.717, 1.165) is 0 Å². The fourth-order valence-corrected chi connectivity index (χ4v) is 2.29. The van der Waals surface area contributed by atoms with Gasteiger partial charge < -0.3 is 32.9 Å². The van der Waals surface area contributed by atoms with Crippen LogP contribution in [0, 0.1) is 5.92 Å². The molecule has 0 aliphatic carbocycles. The Morgan fingerprint density at radius 1 is 1.08 bits per heavy atom. The zero-order chi connectivity index (χ0) is 20.3. The number of carbonyl (C=O) groups excluding carboxylic acids is 3. The minimum atomic E-state index is -1.18. The van der Waals surface area contributed by atoms with E-state index in [4.69, 9.17) is 17.2 Å². The van der Waals surface area contributed by atoms with Crippen molar-refractivity contribution in [2.45, 2.75) is 64.1 Å². The third-order valence-corrected chi connectivity index (χ3v) is 4.11. The summed E-state index contributed by atoms with van der Waals surface area (Å²) in [6.07, 6.45) is 1.67.